The van der Waals surface area contributed by atoms with Gasteiger partial charge in [0.1, 0.15) is 11.4 Å². The maximum atomic E-state index is 12.4. The van der Waals surface area contributed by atoms with Gasteiger partial charge in [0.15, 0.2) is 0 Å². The third-order valence-electron chi connectivity index (χ3n) is 3.33. The molecule has 6 heteroatoms. The Bertz CT molecular complexity index is 618. The Morgan fingerprint density at radius 3 is 2.86 bits per heavy atom. The van der Waals surface area contributed by atoms with Crippen molar-refractivity contribution in [3.63, 3.8) is 0 Å². The van der Waals surface area contributed by atoms with E-state index in [0.717, 1.165) is 10.0 Å². The highest BCUT2D eigenvalue weighted by Gasteiger charge is 2.43. The molecule has 1 atom stereocenters. The van der Waals surface area contributed by atoms with Crippen molar-refractivity contribution in [3.8, 4) is 6.07 Å². The van der Waals surface area contributed by atoms with Gasteiger partial charge in [-0.1, -0.05) is 6.92 Å². The largest absolute Gasteiger partial charge is 0.443 e. The second-order valence-electron chi connectivity index (χ2n) is 6.49. The van der Waals surface area contributed by atoms with E-state index in [9.17, 15) is 4.79 Å². The number of halogens is 1. The predicted octanol–water partition coefficient (Wildman–Crippen LogP) is 3.77. The van der Waals surface area contributed by atoms with Crippen LogP contribution in [0.4, 0.5) is 10.6 Å². The molecule has 1 unspecified atom stereocenters. The maximum absolute atomic E-state index is 12.4. The number of hydrogen-bond donors (Lipinski definition) is 0. The van der Waals surface area contributed by atoms with Gasteiger partial charge in [0.05, 0.1) is 6.07 Å². The molecule has 1 aromatic heterocycles. The first-order valence-corrected chi connectivity index (χ1v) is 7.49. The Kier molecular flexibility index (Phi) is 3.98. The molecule has 1 aromatic rings. The number of nitriles is 1. The van der Waals surface area contributed by atoms with Crippen LogP contribution in [0.15, 0.2) is 16.7 Å². The molecular weight excluding hydrogens is 334 g/mol. The van der Waals surface area contributed by atoms with Crippen LogP contribution in [0, 0.1) is 11.3 Å². The fourth-order valence-electron chi connectivity index (χ4n) is 2.39. The lowest BCUT2D eigenvalue weighted by molar-refractivity contribution is 0.0577. The lowest BCUT2D eigenvalue weighted by Crippen LogP contribution is -2.39. The fourth-order valence-corrected chi connectivity index (χ4v) is 2.73. The highest BCUT2D eigenvalue weighted by Crippen LogP contribution is 2.42. The number of fused-ring (bicyclic) bond motifs is 1. The number of rotatable bonds is 1. The first kappa shape index (κ1) is 15.8. The molecule has 1 aliphatic rings. The van der Waals surface area contributed by atoms with E-state index in [1.54, 1.807) is 6.20 Å². The molecule has 0 fully saturated rings. The summed E-state index contributed by atoms with van der Waals surface area (Å²) in [6, 6.07) is 4.12. The number of carbonyl (C=O) groups excluding carboxylic acids is 1. The Hall–Kier alpha value is -1.61. The lowest BCUT2D eigenvalue weighted by Gasteiger charge is -2.26. The highest BCUT2D eigenvalue weighted by atomic mass is 79.9. The number of hydrogen-bond acceptors (Lipinski definition) is 4. The Morgan fingerprint density at radius 2 is 2.29 bits per heavy atom. The minimum Gasteiger partial charge on any atom is -0.443 e. The van der Waals surface area contributed by atoms with E-state index in [0.29, 0.717) is 18.8 Å². The quantitative estimate of drug-likeness (QED) is 0.772. The van der Waals surface area contributed by atoms with Crippen molar-refractivity contribution in [1.82, 2.24) is 4.98 Å². The Balaban J connectivity index is 2.41. The third-order valence-corrected chi connectivity index (χ3v) is 3.76. The number of anilines is 1. The molecule has 112 valence electrons. The molecule has 0 N–H and O–H groups in total. The molecule has 1 aliphatic heterocycles. The van der Waals surface area contributed by atoms with E-state index in [1.165, 1.54) is 4.90 Å². The van der Waals surface area contributed by atoms with Crippen LogP contribution in [-0.4, -0.2) is 23.2 Å². The topological polar surface area (TPSA) is 66.2 Å². The van der Waals surface area contributed by atoms with E-state index in [1.807, 2.05) is 33.8 Å². The van der Waals surface area contributed by atoms with Crippen LogP contribution in [0.25, 0.3) is 0 Å². The summed E-state index contributed by atoms with van der Waals surface area (Å²) in [6.45, 7) is 7.84. The van der Waals surface area contributed by atoms with E-state index >= 15 is 0 Å². The van der Waals surface area contributed by atoms with Gasteiger partial charge in [-0.25, -0.2) is 9.78 Å². The first-order chi connectivity index (χ1) is 9.66. The van der Waals surface area contributed by atoms with Crippen LogP contribution in [0.1, 0.15) is 39.7 Å². The van der Waals surface area contributed by atoms with Crippen molar-refractivity contribution < 1.29 is 9.53 Å². The van der Waals surface area contributed by atoms with Crippen LogP contribution >= 0.6 is 15.9 Å². The zero-order valence-corrected chi connectivity index (χ0v) is 14.2. The van der Waals surface area contributed by atoms with Crippen LogP contribution in [0.2, 0.25) is 0 Å². The molecule has 0 saturated carbocycles. The number of amides is 1. The highest BCUT2D eigenvalue weighted by molar-refractivity contribution is 9.10. The molecule has 1 amide bonds. The van der Waals surface area contributed by atoms with Crippen molar-refractivity contribution in [1.29, 1.82) is 5.26 Å². The average Bonchev–Trinajstić information content (AvgIpc) is 2.61. The van der Waals surface area contributed by atoms with E-state index in [4.69, 9.17) is 10.00 Å². The molecular formula is C15H18BrN3O2. The molecule has 0 bridgehead atoms. The van der Waals surface area contributed by atoms with Crippen molar-refractivity contribution in [3.05, 3.63) is 22.3 Å². The fraction of sp³-hybridized carbons (Fsp3) is 0.533. The minimum absolute atomic E-state index is 0.317. The predicted molar refractivity (Wildman–Crippen MR) is 83.1 cm³/mol. The normalized spacial score (nSPS) is 20.9. The molecule has 0 saturated heterocycles. The summed E-state index contributed by atoms with van der Waals surface area (Å²) in [7, 11) is 0. The van der Waals surface area contributed by atoms with Gasteiger partial charge in [0, 0.05) is 34.6 Å². The van der Waals surface area contributed by atoms with Gasteiger partial charge in [0.2, 0.25) is 0 Å². The third kappa shape index (κ3) is 3.18. The molecule has 0 aromatic carbocycles. The molecule has 0 aliphatic carbocycles. The molecule has 2 rings (SSSR count). The monoisotopic (exact) mass is 351 g/mol. The Labute approximate surface area is 133 Å². The minimum atomic E-state index is -0.569. The molecule has 21 heavy (non-hydrogen) atoms. The summed E-state index contributed by atoms with van der Waals surface area (Å²) < 4.78 is 6.26. The summed E-state index contributed by atoms with van der Waals surface area (Å²) >= 11 is 3.39. The van der Waals surface area contributed by atoms with Gasteiger partial charge in [-0.15, -0.1) is 0 Å². The summed E-state index contributed by atoms with van der Waals surface area (Å²) in [5, 5.41) is 9.08. The summed E-state index contributed by atoms with van der Waals surface area (Å²) in [6.07, 6.45) is 1.53. The van der Waals surface area contributed by atoms with Crippen LogP contribution < -0.4 is 4.90 Å². The van der Waals surface area contributed by atoms with Crippen molar-refractivity contribution >= 4 is 27.8 Å². The van der Waals surface area contributed by atoms with Gasteiger partial charge in [-0.05, 0) is 42.8 Å². The second-order valence-corrected chi connectivity index (χ2v) is 7.40. The molecule has 5 nitrogen and oxygen atoms in total. The number of carbonyl (C=O) groups is 1. The van der Waals surface area contributed by atoms with Gasteiger partial charge >= 0.3 is 6.09 Å². The van der Waals surface area contributed by atoms with Gasteiger partial charge < -0.3 is 4.74 Å². The van der Waals surface area contributed by atoms with Crippen molar-refractivity contribution in [2.24, 2.45) is 0 Å². The number of ether oxygens (including phenoxy) is 1. The smallest absolute Gasteiger partial charge is 0.416 e. The van der Waals surface area contributed by atoms with Crippen molar-refractivity contribution in [2.75, 3.05) is 11.4 Å². The second kappa shape index (κ2) is 5.30. The molecule has 0 spiro atoms. The number of nitrogens with zero attached hydrogens (tertiary/aromatic N) is 3. The zero-order valence-electron chi connectivity index (χ0n) is 12.6. The lowest BCUT2D eigenvalue weighted by atomic mass is 9.83. The van der Waals surface area contributed by atoms with E-state index < -0.39 is 17.1 Å². The number of pyridine rings is 1. The van der Waals surface area contributed by atoms with E-state index in [-0.39, 0.29) is 0 Å². The maximum Gasteiger partial charge on any atom is 0.416 e. The van der Waals surface area contributed by atoms with Crippen LogP contribution in [0.5, 0.6) is 0 Å². The number of aromatic nitrogens is 1. The van der Waals surface area contributed by atoms with Crippen LogP contribution in [0.3, 0.4) is 0 Å². The summed E-state index contributed by atoms with van der Waals surface area (Å²) in [4.78, 5) is 18.2. The van der Waals surface area contributed by atoms with Gasteiger partial charge in [0.25, 0.3) is 0 Å². The molecule has 2 heterocycles. The van der Waals surface area contributed by atoms with E-state index in [2.05, 4.69) is 27.0 Å². The SMILES string of the molecule is CC(C)(C)OC(=O)N1CC(C)(CC#N)c2cc(Br)cnc21. The zero-order chi connectivity index (χ0) is 15.8. The van der Waals surface area contributed by atoms with Gasteiger partial charge in [-0.3, -0.25) is 4.90 Å². The standard InChI is InChI=1S/C15H18BrN3O2/c1-14(2,3)21-13(20)19-9-15(4,5-6-17)11-7-10(16)8-18-12(11)19/h7-8H,5,9H2,1-4H3. The Morgan fingerprint density at radius 1 is 1.62 bits per heavy atom. The first-order valence-electron chi connectivity index (χ1n) is 6.70. The summed E-state index contributed by atoms with van der Waals surface area (Å²) in [5.74, 6) is 0.574. The van der Waals surface area contributed by atoms with Crippen molar-refractivity contribution in [2.45, 2.75) is 45.1 Å². The van der Waals surface area contributed by atoms with Gasteiger partial charge in [-0.2, -0.15) is 5.26 Å². The average molecular weight is 352 g/mol. The molecule has 0 radical (unpaired) electrons. The van der Waals surface area contributed by atoms with Crippen LogP contribution in [-0.2, 0) is 10.2 Å². The summed E-state index contributed by atoms with van der Waals surface area (Å²) in [5.41, 5.74) is -0.109.